The fraction of sp³-hybridized carbons (Fsp3) is 0.636. The van der Waals surface area contributed by atoms with Crippen molar-refractivity contribution in [1.82, 2.24) is 4.90 Å². The Bertz CT molecular complexity index is 280. The van der Waals surface area contributed by atoms with E-state index in [1.54, 1.807) is 4.90 Å². The standard InChI is InChI=1S/C11H15NOS/c13-10-5-6-11(14)12(10)8-7-9-3-1-2-4-9/h3H,1-2,4-8H2. The minimum Gasteiger partial charge on any atom is -0.306 e. The highest BCUT2D eigenvalue weighted by molar-refractivity contribution is 7.80. The van der Waals surface area contributed by atoms with Crippen LogP contribution in [0.2, 0.25) is 0 Å². The van der Waals surface area contributed by atoms with Gasteiger partial charge in [0.25, 0.3) is 0 Å². The lowest BCUT2D eigenvalue weighted by Crippen LogP contribution is -2.29. The third-order valence-corrected chi connectivity index (χ3v) is 3.37. The van der Waals surface area contributed by atoms with Crippen molar-refractivity contribution in [1.29, 1.82) is 0 Å². The van der Waals surface area contributed by atoms with Crippen molar-refractivity contribution in [2.24, 2.45) is 0 Å². The van der Waals surface area contributed by atoms with Gasteiger partial charge in [-0.1, -0.05) is 23.9 Å². The predicted octanol–water partition coefficient (Wildman–Crippen LogP) is 2.44. The highest BCUT2D eigenvalue weighted by Crippen LogP contribution is 2.22. The summed E-state index contributed by atoms with van der Waals surface area (Å²) in [5.41, 5.74) is 1.51. The second-order valence-corrected chi connectivity index (χ2v) is 4.41. The average molecular weight is 209 g/mol. The van der Waals surface area contributed by atoms with E-state index in [0.29, 0.717) is 6.42 Å². The highest BCUT2D eigenvalue weighted by Gasteiger charge is 2.25. The van der Waals surface area contributed by atoms with Crippen molar-refractivity contribution in [3.05, 3.63) is 11.6 Å². The molecule has 0 aromatic carbocycles. The third-order valence-electron chi connectivity index (χ3n) is 2.95. The van der Waals surface area contributed by atoms with Crippen molar-refractivity contribution >= 4 is 23.1 Å². The Morgan fingerprint density at radius 2 is 2.21 bits per heavy atom. The quantitative estimate of drug-likeness (QED) is 0.525. The Hall–Kier alpha value is -0.700. The van der Waals surface area contributed by atoms with E-state index >= 15 is 0 Å². The second kappa shape index (κ2) is 4.22. The molecule has 0 saturated carbocycles. The molecule has 14 heavy (non-hydrogen) atoms. The molecule has 1 aliphatic carbocycles. The van der Waals surface area contributed by atoms with Crippen LogP contribution < -0.4 is 0 Å². The van der Waals surface area contributed by atoms with Gasteiger partial charge < -0.3 is 4.90 Å². The Balaban J connectivity index is 1.85. The van der Waals surface area contributed by atoms with Gasteiger partial charge in [-0.2, -0.15) is 0 Å². The van der Waals surface area contributed by atoms with Gasteiger partial charge in [0.1, 0.15) is 0 Å². The number of rotatable bonds is 3. The lowest BCUT2D eigenvalue weighted by molar-refractivity contribution is -0.125. The van der Waals surface area contributed by atoms with Gasteiger partial charge in [-0.3, -0.25) is 4.79 Å². The van der Waals surface area contributed by atoms with E-state index in [1.165, 1.54) is 24.8 Å². The maximum atomic E-state index is 11.4. The zero-order valence-electron chi connectivity index (χ0n) is 8.29. The monoisotopic (exact) mass is 209 g/mol. The number of carbonyl (C=O) groups is 1. The van der Waals surface area contributed by atoms with E-state index in [2.05, 4.69) is 6.08 Å². The summed E-state index contributed by atoms with van der Waals surface area (Å²) in [5.74, 6) is 0.216. The topological polar surface area (TPSA) is 20.3 Å². The Labute approximate surface area is 90.0 Å². The van der Waals surface area contributed by atoms with Gasteiger partial charge in [0.2, 0.25) is 5.91 Å². The van der Waals surface area contributed by atoms with Gasteiger partial charge in [0.05, 0.1) is 4.99 Å². The smallest absolute Gasteiger partial charge is 0.227 e. The van der Waals surface area contributed by atoms with E-state index in [1.807, 2.05) is 0 Å². The molecule has 1 amide bonds. The van der Waals surface area contributed by atoms with Crippen molar-refractivity contribution in [2.75, 3.05) is 6.54 Å². The van der Waals surface area contributed by atoms with Crippen molar-refractivity contribution in [3.63, 3.8) is 0 Å². The molecule has 0 unspecified atom stereocenters. The minimum atomic E-state index is 0.216. The zero-order chi connectivity index (χ0) is 9.97. The molecule has 0 bridgehead atoms. The van der Waals surface area contributed by atoms with Crippen LogP contribution in [0.25, 0.3) is 0 Å². The maximum absolute atomic E-state index is 11.4. The molecule has 3 heteroatoms. The number of nitrogens with zero attached hydrogens (tertiary/aromatic N) is 1. The molecule has 0 aromatic rings. The van der Waals surface area contributed by atoms with E-state index in [-0.39, 0.29) is 5.91 Å². The SMILES string of the molecule is O=C1CCC(=S)N1CCC1=CCCC1. The summed E-state index contributed by atoms with van der Waals surface area (Å²) in [6.45, 7) is 0.809. The van der Waals surface area contributed by atoms with E-state index in [9.17, 15) is 4.79 Å². The molecule has 0 spiro atoms. The molecule has 1 aliphatic heterocycles. The molecule has 0 aromatic heterocycles. The molecule has 1 fully saturated rings. The molecule has 2 aliphatic rings. The first-order chi connectivity index (χ1) is 6.77. The number of hydrogen-bond donors (Lipinski definition) is 0. The van der Waals surface area contributed by atoms with Crippen LogP contribution >= 0.6 is 12.2 Å². The van der Waals surface area contributed by atoms with Crippen molar-refractivity contribution in [2.45, 2.75) is 38.5 Å². The van der Waals surface area contributed by atoms with Crippen LogP contribution in [0.15, 0.2) is 11.6 Å². The number of likely N-dealkylation sites (tertiary alicyclic amines) is 1. The first-order valence-electron chi connectivity index (χ1n) is 5.28. The first kappa shape index (κ1) is 9.84. The van der Waals surface area contributed by atoms with E-state index in [0.717, 1.165) is 24.4 Å². The van der Waals surface area contributed by atoms with Gasteiger partial charge >= 0.3 is 0 Å². The van der Waals surface area contributed by atoms with Crippen LogP contribution in [0.5, 0.6) is 0 Å². The lowest BCUT2D eigenvalue weighted by Gasteiger charge is -2.15. The molecular weight excluding hydrogens is 194 g/mol. The van der Waals surface area contributed by atoms with Gasteiger partial charge in [0.15, 0.2) is 0 Å². The third kappa shape index (κ3) is 2.03. The summed E-state index contributed by atoms with van der Waals surface area (Å²) in [4.78, 5) is 14.0. The van der Waals surface area contributed by atoms with Gasteiger partial charge in [0, 0.05) is 19.4 Å². The molecule has 2 nitrogen and oxygen atoms in total. The summed E-state index contributed by atoms with van der Waals surface area (Å²) in [6.07, 6.45) is 8.46. The van der Waals surface area contributed by atoms with E-state index in [4.69, 9.17) is 12.2 Å². The Morgan fingerprint density at radius 1 is 1.36 bits per heavy atom. The van der Waals surface area contributed by atoms with Crippen LogP contribution in [0.1, 0.15) is 38.5 Å². The number of carbonyl (C=O) groups excluding carboxylic acids is 1. The second-order valence-electron chi connectivity index (χ2n) is 3.94. The van der Waals surface area contributed by atoms with Crippen LogP contribution in [-0.2, 0) is 4.79 Å². The fourth-order valence-corrected chi connectivity index (χ4v) is 2.39. The molecule has 2 rings (SSSR count). The van der Waals surface area contributed by atoms with Crippen LogP contribution in [-0.4, -0.2) is 22.3 Å². The number of amides is 1. The molecule has 0 radical (unpaired) electrons. The lowest BCUT2D eigenvalue weighted by atomic mass is 10.1. The molecule has 0 atom stereocenters. The molecule has 1 heterocycles. The minimum absolute atomic E-state index is 0.216. The van der Waals surface area contributed by atoms with E-state index < -0.39 is 0 Å². The molecule has 76 valence electrons. The summed E-state index contributed by atoms with van der Waals surface area (Å²) in [5, 5.41) is 0. The normalized spacial score (nSPS) is 22.0. The Kier molecular flexibility index (Phi) is 2.96. The summed E-state index contributed by atoms with van der Waals surface area (Å²) >= 11 is 5.14. The van der Waals surface area contributed by atoms with Gasteiger partial charge in [-0.05, 0) is 25.7 Å². The number of thiocarbonyl (C=S) groups is 1. The van der Waals surface area contributed by atoms with Crippen LogP contribution in [0.4, 0.5) is 0 Å². The van der Waals surface area contributed by atoms with Crippen molar-refractivity contribution in [3.8, 4) is 0 Å². The average Bonchev–Trinajstić information content (AvgIpc) is 2.76. The Morgan fingerprint density at radius 3 is 2.79 bits per heavy atom. The number of allylic oxidation sites excluding steroid dienone is 1. The molecular formula is C11H15NOS. The van der Waals surface area contributed by atoms with Crippen molar-refractivity contribution < 1.29 is 4.79 Å². The molecule has 0 N–H and O–H groups in total. The first-order valence-corrected chi connectivity index (χ1v) is 5.69. The molecule has 1 saturated heterocycles. The predicted molar refractivity (Wildman–Crippen MR) is 60.1 cm³/mol. The fourth-order valence-electron chi connectivity index (χ4n) is 2.09. The summed E-state index contributed by atoms with van der Waals surface area (Å²) in [7, 11) is 0. The highest BCUT2D eigenvalue weighted by atomic mass is 32.1. The van der Waals surface area contributed by atoms with Gasteiger partial charge in [-0.15, -0.1) is 0 Å². The van der Waals surface area contributed by atoms with Crippen LogP contribution in [0, 0.1) is 0 Å². The van der Waals surface area contributed by atoms with Gasteiger partial charge in [-0.25, -0.2) is 0 Å². The summed E-state index contributed by atoms with van der Waals surface area (Å²) < 4.78 is 0. The zero-order valence-corrected chi connectivity index (χ0v) is 9.11. The number of hydrogen-bond acceptors (Lipinski definition) is 2. The summed E-state index contributed by atoms with van der Waals surface area (Å²) in [6, 6.07) is 0. The van der Waals surface area contributed by atoms with Crippen LogP contribution in [0.3, 0.4) is 0 Å². The maximum Gasteiger partial charge on any atom is 0.227 e. The largest absolute Gasteiger partial charge is 0.306 e.